The molecule has 4 fully saturated rings. The van der Waals surface area contributed by atoms with Gasteiger partial charge >= 0.3 is 0 Å². The third kappa shape index (κ3) is 4.22. The lowest BCUT2D eigenvalue weighted by molar-refractivity contribution is -0.150. The van der Waals surface area contributed by atoms with E-state index < -0.39 is 0 Å². The van der Waals surface area contributed by atoms with Crippen LogP contribution in [0.1, 0.15) is 39.0 Å². The molecule has 1 aromatic carbocycles. The van der Waals surface area contributed by atoms with Gasteiger partial charge in [0.25, 0.3) is 5.91 Å². The topological polar surface area (TPSA) is 79.5 Å². The summed E-state index contributed by atoms with van der Waals surface area (Å²) >= 11 is 5.83. The van der Waals surface area contributed by atoms with Crippen LogP contribution in [0.4, 0.5) is 0 Å². The van der Waals surface area contributed by atoms with E-state index in [-0.39, 0.29) is 29.5 Å². The average Bonchev–Trinajstić information content (AvgIpc) is 3.41. The third-order valence-corrected chi connectivity index (χ3v) is 6.19. The molecule has 0 heterocycles. The van der Waals surface area contributed by atoms with Crippen LogP contribution < -0.4 is 20.7 Å². The van der Waals surface area contributed by atoms with Crippen LogP contribution in [-0.4, -0.2) is 42.1 Å². The van der Waals surface area contributed by atoms with Crippen molar-refractivity contribution in [1.82, 2.24) is 16.0 Å². The lowest BCUT2D eigenvalue weighted by atomic mass is 9.44. The van der Waals surface area contributed by atoms with E-state index in [1.807, 2.05) is 0 Å². The maximum Gasteiger partial charge on any atom is 0.258 e. The van der Waals surface area contributed by atoms with Crippen molar-refractivity contribution in [2.75, 3.05) is 13.2 Å². The molecular weight excluding hydrogens is 366 g/mol. The Morgan fingerprint density at radius 2 is 1.70 bits per heavy atom. The fraction of sp³-hybridized carbons (Fsp3) is 0.600. The van der Waals surface area contributed by atoms with Crippen LogP contribution in [0.2, 0.25) is 5.02 Å². The first-order valence-electron chi connectivity index (χ1n) is 9.61. The zero-order valence-electron chi connectivity index (χ0n) is 15.5. The molecule has 4 saturated carbocycles. The second kappa shape index (κ2) is 6.99. The highest BCUT2D eigenvalue weighted by Gasteiger charge is 2.69. The molecule has 0 saturated heterocycles. The molecule has 2 amide bonds. The van der Waals surface area contributed by atoms with E-state index in [0.29, 0.717) is 23.4 Å². The number of hydrogen-bond donors (Lipinski definition) is 3. The molecule has 6 nitrogen and oxygen atoms in total. The minimum Gasteiger partial charge on any atom is -0.484 e. The number of benzene rings is 1. The van der Waals surface area contributed by atoms with Gasteiger partial charge in [0.15, 0.2) is 6.61 Å². The van der Waals surface area contributed by atoms with Gasteiger partial charge in [-0.15, -0.1) is 0 Å². The number of amides is 2. The number of carbonyl (C=O) groups is 2. The van der Waals surface area contributed by atoms with Gasteiger partial charge < -0.3 is 20.7 Å². The van der Waals surface area contributed by atoms with E-state index in [0.717, 1.165) is 25.2 Å². The van der Waals surface area contributed by atoms with Crippen molar-refractivity contribution in [3.05, 3.63) is 29.3 Å². The Hall–Kier alpha value is -1.79. The van der Waals surface area contributed by atoms with Crippen LogP contribution in [0, 0.1) is 5.92 Å². The normalized spacial score (nSPS) is 29.1. The van der Waals surface area contributed by atoms with Crippen molar-refractivity contribution in [2.45, 2.75) is 56.1 Å². The van der Waals surface area contributed by atoms with E-state index in [2.05, 4.69) is 22.9 Å². The summed E-state index contributed by atoms with van der Waals surface area (Å²) < 4.78 is 5.47. The Kier molecular flexibility index (Phi) is 4.80. The highest BCUT2D eigenvalue weighted by Crippen LogP contribution is 2.60. The molecule has 7 heteroatoms. The summed E-state index contributed by atoms with van der Waals surface area (Å²) in [5.41, 5.74) is -0.283. The predicted molar refractivity (Wildman–Crippen MR) is 103 cm³/mol. The molecular formula is C20H26ClN3O3. The first kappa shape index (κ1) is 18.6. The van der Waals surface area contributed by atoms with Gasteiger partial charge in [0.2, 0.25) is 5.91 Å². The molecule has 2 bridgehead atoms. The van der Waals surface area contributed by atoms with E-state index in [4.69, 9.17) is 16.3 Å². The van der Waals surface area contributed by atoms with Crippen LogP contribution in [0.3, 0.4) is 0 Å². The Balaban J connectivity index is 1.14. The second-order valence-electron chi connectivity index (χ2n) is 8.44. The Morgan fingerprint density at radius 3 is 2.30 bits per heavy atom. The Labute approximate surface area is 164 Å². The van der Waals surface area contributed by atoms with Gasteiger partial charge in [-0.1, -0.05) is 11.6 Å². The van der Waals surface area contributed by atoms with Gasteiger partial charge in [-0.3, -0.25) is 9.59 Å². The lowest BCUT2D eigenvalue weighted by Crippen LogP contribution is -2.84. The molecule has 146 valence electrons. The molecule has 0 aromatic heterocycles. The second-order valence-corrected chi connectivity index (χ2v) is 8.87. The summed E-state index contributed by atoms with van der Waals surface area (Å²) in [6.07, 6.45) is 4.94. The largest absolute Gasteiger partial charge is 0.484 e. The number of carbonyl (C=O) groups excluding carboxylic acids is 2. The molecule has 0 aliphatic heterocycles. The number of halogens is 1. The molecule has 27 heavy (non-hydrogen) atoms. The Morgan fingerprint density at radius 1 is 1.11 bits per heavy atom. The third-order valence-electron chi connectivity index (χ3n) is 5.94. The molecule has 0 radical (unpaired) electrons. The first-order valence-corrected chi connectivity index (χ1v) is 9.99. The Bertz CT molecular complexity index is 713. The van der Waals surface area contributed by atoms with E-state index in [1.165, 1.54) is 12.8 Å². The van der Waals surface area contributed by atoms with Crippen LogP contribution in [0.25, 0.3) is 0 Å². The van der Waals surface area contributed by atoms with Gasteiger partial charge in [0.05, 0.1) is 6.54 Å². The zero-order valence-corrected chi connectivity index (χ0v) is 16.3. The van der Waals surface area contributed by atoms with Crippen molar-refractivity contribution >= 4 is 23.4 Å². The van der Waals surface area contributed by atoms with Crippen molar-refractivity contribution in [1.29, 1.82) is 0 Å². The first-order chi connectivity index (χ1) is 12.9. The van der Waals surface area contributed by atoms with Gasteiger partial charge in [-0.05, 0) is 69.2 Å². The number of ether oxygens (including phenoxy) is 1. The maximum absolute atomic E-state index is 12.1. The van der Waals surface area contributed by atoms with Gasteiger partial charge in [-0.25, -0.2) is 0 Å². The predicted octanol–water partition coefficient (Wildman–Crippen LogP) is 2.01. The number of hydrogen-bond acceptors (Lipinski definition) is 4. The summed E-state index contributed by atoms with van der Waals surface area (Å²) in [6.45, 7) is 2.49. The summed E-state index contributed by atoms with van der Waals surface area (Å²) in [5.74, 6) is 1.27. The summed E-state index contributed by atoms with van der Waals surface area (Å²) in [4.78, 5) is 24.3. The molecule has 5 rings (SSSR count). The minimum atomic E-state index is -0.164. The highest BCUT2D eigenvalue weighted by molar-refractivity contribution is 6.30. The highest BCUT2D eigenvalue weighted by atomic mass is 35.5. The maximum atomic E-state index is 12.1. The molecule has 4 aliphatic carbocycles. The zero-order chi connectivity index (χ0) is 19.1. The summed E-state index contributed by atoms with van der Waals surface area (Å²) in [6, 6.07) is 7.33. The van der Waals surface area contributed by atoms with E-state index in [1.54, 1.807) is 24.3 Å². The summed E-state index contributed by atoms with van der Waals surface area (Å²) in [7, 11) is 0. The fourth-order valence-electron chi connectivity index (χ4n) is 4.42. The van der Waals surface area contributed by atoms with Crippen molar-refractivity contribution in [3.8, 4) is 5.75 Å². The van der Waals surface area contributed by atoms with E-state index in [9.17, 15) is 9.59 Å². The molecule has 1 unspecified atom stereocenters. The smallest absolute Gasteiger partial charge is 0.258 e. The van der Waals surface area contributed by atoms with E-state index >= 15 is 0 Å². The average molecular weight is 392 g/mol. The van der Waals surface area contributed by atoms with Gasteiger partial charge in [-0.2, -0.15) is 0 Å². The number of rotatable bonds is 9. The van der Waals surface area contributed by atoms with Gasteiger partial charge in [0, 0.05) is 22.1 Å². The van der Waals surface area contributed by atoms with Crippen LogP contribution in [0.5, 0.6) is 5.75 Å². The number of nitrogens with one attached hydrogen (secondary N) is 3. The quantitative estimate of drug-likeness (QED) is 0.601. The summed E-state index contributed by atoms with van der Waals surface area (Å²) in [5, 5.41) is 10.1. The molecule has 1 atom stereocenters. The molecule has 3 N–H and O–H groups in total. The lowest BCUT2D eigenvalue weighted by Gasteiger charge is -2.70. The standard InChI is InChI=1S/C20H26ClN3O3/c1-13(14-2-3-14)22-8-17(25)23-19-10-20(11-19,12-19)24-18(26)9-27-16-6-4-15(21)5-7-16/h4-7,13-14,22H,2-3,8-12H2,1H3,(H,23,25)(H,24,26). The molecule has 4 aliphatic rings. The monoisotopic (exact) mass is 391 g/mol. The van der Waals surface area contributed by atoms with Crippen molar-refractivity contribution in [3.63, 3.8) is 0 Å². The van der Waals surface area contributed by atoms with Crippen LogP contribution in [0.15, 0.2) is 24.3 Å². The van der Waals surface area contributed by atoms with Gasteiger partial charge in [0.1, 0.15) is 5.75 Å². The van der Waals surface area contributed by atoms with Crippen LogP contribution in [-0.2, 0) is 9.59 Å². The van der Waals surface area contributed by atoms with Crippen molar-refractivity contribution < 1.29 is 14.3 Å². The SMILES string of the molecule is CC(NCC(=O)NC12CC(NC(=O)COc3ccc(Cl)cc3)(C1)C2)C1CC1. The fourth-order valence-corrected chi connectivity index (χ4v) is 4.55. The minimum absolute atomic E-state index is 0.0221. The molecule has 1 aromatic rings. The van der Waals surface area contributed by atoms with Crippen LogP contribution >= 0.6 is 11.6 Å². The molecule has 0 spiro atoms. The van der Waals surface area contributed by atoms with Crippen molar-refractivity contribution in [2.24, 2.45) is 5.92 Å².